The second-order valence-electron chi connectivity index (χ2n) is 3.25. The van der Waals surface area contributed by atoms with Gasteiger partial charge in [0.05, 0.1) is 16.9 Å². The number of para-hydroxylation sites is 1. The molecule has 74 valence electrons. The van der Waals surface area contributed by atoms with Gasteiger partial charge in [-0.25, -0.2) is 4.68 Å². The number of rotatable bonds is 1. The molecular formula is C11H10N4. The highest BCUT2D eigenvalue weighted by Crippen LogP contribution is 2.17. The summed E-state index contributed by atoms with van der Waals surface area (Å²) in [6.45, 7) is 1.86. The van der Waals surface area contributed by atoms with E-state index in [2.05, 4.69) is 11.2 Å². The summed E-state index contributed by atoms with van der Waals surface area (Å²) in [4.78, 5) is 0. The van der Waals surface area contributed by atoms with Crippen LogP contribution in [0.25, 0.3) is 5.69 Å². The number of hydrogen-bond donors (Lipinski definition) is 1. The van der Waals surface area contributed by atoms with Gasteiger partial charge in [-0.15, -0.1) is 0 Å². The van der Waals surface area contributed by atoms with Gasteiger partial charge < -0.3 is 5.73 Å². The SMILES string of the molecule is Cc1cc(N)n(-c2ccccc2C#N)n1. The number of anilines is 1. The molecule has 2 rings (SSSR count). The largest absolute Gasteiger partial charge is 0.384 e. The number of hydrogen-bond acceptors (Lipinski definition) is 3. The molecule has 0 unspecified atom stereocenters. The van der Waals surface area contributed by atoms with Gasteiger partial charge in [0.2, 0.25) is 0 Å². The van der Waals surface area contributed by atoms with E-state index in [-0.39, 0.29) is 0 Å². The first-order chi connectivity index (χ1) is 7.22. The number of aromatic nitrogens is 2. The van der Waals surface area contributed by atoms with Crippen molar-refractivity contribution in [2.24, 2.45) is 0 Å². The van der Waals surface area contributed by atoms with E-state index >= 15 is 0 Å². The minimum atomic E-state index is 0.537. The van der Waals surface area contributed by atoms with Crippen LogP contribution in [0.4, 0.5) is 5.82 Å². The normalized spacial score (nSPS) is 9.87. The summed E-state index contributed by atoms with van der Waals surface area (Å²) in [5.41, 5.74) is 7.90. The van der Waals surface area contributed by atoms with Crippen molar-refractivity contribution in [1.29, 1.82) is 5.26 Å². The molecule has 0 atom stereocenters. The molecule has 1 heterocycles. The van der Waals surface area contributed by atoms with Crippen LogP contribution >= 0.6 is 0 Å². The molecule has 4 heteroatoms. The Kier molecular flexibility index (Phi) is 2.14. The molecule has 15 heavy (non-hydrogen) atoms. The second kappa shape index (κ2) is 3.46. The molecular weight excluding hydrogens is 188 g/mol. The Morgan fingerprint density at radius 2 is 2.13 bits per heavy atom. The van der Waals surface area contributed by atoms with Gasteiger partial charge in [-0.05, 0) is 19.1 Å². The van der Waals surface area contributed by atoms with E-state index in [1.54, 1.807) is 16.8 Å². The van der Waals surface area contributed by atoms with E-state index in [1.807, 2.05) is 25.1 Å². The molecule has 0 saturated carbocycles. The van der Waals surface area contributed by atoms with Crippen molar-refractivity contribution in [2.75, 3.05) is 5.73 Å². The van der Waals surface area contributed by atoms with Crippen molar-refractivity contribution in [2.45, 2.75) is 6.92 Å². The third kappa shape index (κ3) is 1.55. The first kappa shape index (κ1) is 9.28. The summed E-state index contributed by atoms with van der Waals surface area (Å²) in [6.07, 6.45) is 0. The van der Waals surface area contributed by atoms with Gasteiger partial charge in [-0.2, -0.15) is 10.4 Å². The summed E-state index contributed by atoms with van der Waals surface area (Å²) < 4.78 is 1.58. The minimum Gasteiger partial charge on any atom is -0.384 e. The van der Waals surface area contributed by atoms with Crippen LogP contribution < -0.4 is 5.73 Å². The van der Waals surface area contributed by atoms with Gasteiger partial charge in [0, 0.05) is 6.07 Å². The molecule has 0 radical (unpaired) electrons. The highest BCUT2D eigenvalue weighted by molar-refractivity contribution is 5.52. The molecule has 1 aromatic carbocycles. The fourth-order valence-corrected chi connectivity index (χ4v) is 1.47. The van der Waals surface area contributed by atoms with Crippen molar-refractivity contribution < 1.29 is 0 Å². The minimum absolute atomic E-state index is 0.537. The molecule has 2 aromatic rings. The van der Waals surface area contributed by atoms with E-state index in [4.69, 9.17) is 11.0 Å². The van der Waals surface area contributed by atoms with Crippen molar-refractivity contribution in [3.8, 4) is 11.8 Å². The molecule has 0 aliphatic heterocycles. The quantitative estimate of drug-likeness (QED) is 0.757. The fourth-order valence-electron chi connectivity index (χ4n) is 1.47. The maximum atomic E-state index is 8.95. The third-order valence-corrected chi connectivity index (χ3v) is 2.11. The zero-order chi connectivity index (χ0) is 10.8. The van der Waals surface area contributed by atoms with Gasteiger partial charge in [0.1, 0.15) is 11.9 Å². The van der Waals surface area contributed by atoms with Gasteiger partial charge in [0.25, 0.3) is 0 Å². The predicted molar refractivity (Wildman–Crippen MR) is 57.4 cm³/mol. The fraction of sp³-hybridized carbons (Fsp3) is 0.0909. The summed E-state index contributed by atoms with van der Waals surface area (Å²) >= 11 is 0. The van der Waals surface area contributed by atoms with Crippen LogP contribution in [0, 0.1) is 18.3 Å². The molecule has 0 bridgehead atoms. The average molecular weight is 198 g/mol. The number of benzene rings is 1. The van der Waals surface area contributed by atoms with E-state index in [0.717, 1.165) is 5.69 Å². The molecule has 0 aliphatic rings. The highest BCUT2D eigenvalue weighted by Gasteiger charge is 2.07. The molecule has 2 N–H and O–H groups in total. The standard InChI is InChI=1S/C11H10N4/c1-8-6-11(13)15(14-8)10-5-3-2-4-9(10)7-12/h2-6H,13H2,1H3. The first-order valence-electron chi connectivity index (χ1n) is 4.54. The van der Waals surface area contributed by atoms with E-state index in [1.165, 1.54) is 0 Å². The zero-order valence-electron chi connectivity index (χ0n) is 8.31. The van der Waals surface area contributed by atoms with Crippen LogP contribution in [0.1, 0.15) is 11.3 Å². The Morgan fingerprint density at radius 1 is 1.40 bits per heavy atom. The predicted octanol–water partition coefficient (Wildman–Crippen LogP) is 1.63. The van der Waals surface area contributed by atoms with Gasteiger partial charge >= 0.3 is 0 Å². The summed E-state index contributed by atoms with van der Waals surface area (Å²) in [7, 11) is 0. The molecule has 0 amide bonds. The van der Waals surface area contributed by atoms with Gasteiger partial charge in [-0.3, -0.25) is 0 Å². The van der Waals surface area contributed by atoms with Crippen molar-refractivity contribution >= 4 is 5.82 Å². The lowest BCUT2D eigenvalue weighted by atomic mass is 10.2. The Hall–Kier alpha value is -2.28. The van der Waals surface area contributed by atoms with Crippen molar-refractivity contribution in [3.05, 3.63) is 41.6 Å². The maximum absolute atomic E-state index is 8.95. The number of nitrogens with zero attached hydrogens (tertiary/aromatic N) is 3. The van der Waals surface area contributed by atoms with Crippen LogP contribution in [-0.2, 0) is 0 Å². The molecule has 0 spiro atoms. The van der Waals surface area contributed by atoms with Gasteiger partial charge in [-0.1, -0.05) is 12.1 Å². The van der Waals surface area contributed by atoms with Crippen LogP contribution in [-0.4, -0.2) is 9.78 Å². The Balaban J connectivity index is 2.64. The van der Waals surface area contributed by atoms with Crippen LogP contribution in [0.3, 0.4) is 0 Å². The van der Waals surface area contributed by atoms with Crippen molar-refractivity contribution in [3.63, 3.8) is 0 Å². The number of aryl methyl sites for hydroxylation is 1. The number of nitrogens with two attached hydrogens (primary N) is 1. The lowest BCUT2D eigenvalue weighted by molar-refractivity contribution is 0.869. The molecule has 4 nitrogen and oxygen atoms in total. The Labute approximate surface area is 87.6 Å². The number of nitriles is 1. The topological polar surface area (TPSA) is 67.6 Å². The van der Waals surface area contributed by atoms with E-state index in [9.17, 15) is 0 Å². The van der Waals surface area contributed by atoms with Crippen LogP contribution in [0.2, 0.25) is 0 Å². The molecule has 1 aromatic heterocycles. The number of nitrogen functional groups attached to an aromatic ring is 1. The summed E-state index contributed by atoms with van der Waals surface area (Å²) in [5, 5.41) is 13.2. The lowest BCUT2D eigenvalue weighted by Gasteiger charge is -2.04. The highest BCUT2D eigenvalue weighted by atomic mass is 15.3. The van der Waals surface area contributed by atoms with E-state index in [0.29, 0.717) is 17.1 Å². The van der Waals surface area contributed by atoms with Crippen LogP contribution in [0.5, 0.6) is 0 Å². The first-order valence-corrected chi connectivity index (χ1v) is 4.54. The molecule has 0 aliphatic carbocycles. The zero-order valence-corrected chi connectivity index (χ0v) is 8.31. The monoisotopic (exact) mass is 198 g/mol. The summed E-state index contributed by atoms with van der Waals surface area (Å²) in [6, 6.07) is 11.1. The average Bonchev–Trinajstić information content (AvgIpc) is 2.57. The lowest BCUT2D eigenvalue weighted by Crippen LogP contribution is -2.03. The third-order valence-electron chi connectivity index (χ3n) is 2.11. The van der Waals surface area contributed by atoms with Gasteiger partial charge in [0.15, 0.2) is 0 Å². The van der Waals surface area contributed by atoms with Crippen molar-refractivity contribution in [1.82, 2.24) is 9.78 Å². The Morgan fingerprint density at radius 3 is 2.73 bits per heavy atom. The smallest absolute Gasteiger partial charge is 0.127 e. The Bertz CT molecular complexity index is 534. The van der Waals surface area contributed by atoms with Crippen LogP contribution in [0.15, 0.2) is 30.3 Å². The van der Waals surface area contributed by atoms with E-state index < -0.39 is 0 Å². The molecule has 0 saturated heterocycles. The second-order valence-corrected chi connectivity index (χ2v) is 3.25. The maximum Gasteiger partial charge on any atom is 0.127 e. The molecule has 0 fully saturated rings. The summed E-state index contributed by atoms with van der Waals surface area (Å²) in [5.74, 6) is 0.537.